The first-order valence-corrected chi connectivity index (χ1v) is 26.7. The number of hydrogen-bond acceptors (Lipinski definition) is 12. The van der Waals surface area contributed by atoms with Crippen LogP contribution in [0.4, 0.5) is 16.6 Å². The minimum atomic E-state index is -1.10. The number of pyridine rings is 1. The first-order valence-electron chi connectivity index (χ1n) is 25.9. The van der Waals surface area contributed by atoms with Gasteiger partial charge in [0.2, 0.25) is 5.91 Å². The summed E-state index contributed by atoms with van der Waals surface area (Å²) in [6.07, 6.45) is 6.48. The largest absolute Gasteiger partial charge is 0.490 e. The SMILES string of the molecule is Cc1c(O[C@H]2CC[C@H](C[C@H](C)CN3CCN(c4cccc5c(C6CCC(O)NC6=O)nn(C)c45)CC3)CC2)cccc1-c1ccc(N2CCc3cccc(C(=O)Nc4nc5ccccc5s4)c3C2)nc1C(=O)O. The number of carboxylic acids is 1. The number of carbonyl (C=O) groups excluding carboxylic acids is 2. The number of carboxylic acid groups (broad SMARTS) is 1. The number of aliphatic hydroxyl groups excluding tert-OH is 1. The van der Waals surface area contributed by atoms with E-state index >= 15 is 0 Å². The van der Waals surface area contributed by atoms with Crippen LogP contribution in [-0.2, 0) is 24.8 Å². The van der Waals surface area contributed by atoms with Crippen molar-refractivity contribution in [1.82, 2.24) is 30.0 Å². The Morgan fingerprint density at radius 1 is 0.863 bits per heavy atom. The van der Waals surface area contributed by atoms with Crippen LogP contribution < -0.4 is 25.2 Å². The Balaban J connectivity index is 0.680. The number of amides is 2. The topological polar surface area (TPSA) is 178 Å². The highest BCUT2D eigenvalue weighted by Gasteiger charge is 2.34. The molecule has 1 aliphatic carbocycles. The summed E-state index contributed by atoms with van der Waals surface area (Å²) in [5.74, 6) is 0.696. The Kier molecular flexibility index (Phi) is 13.6. The Hall–Kier alpha value is -6.88. The number of hydrogen-bond donors (Lipinski definition) is 4. The summed E-state index contributed by atoms with van der Waals surface area (Å²) >= 11 is 1.44. The molecular weight excluding hydrogens is 939 g/mol. The van der Waals surface area contributed by atoms with E-state index in [2.05, 4.69) is 61.5 Å². The maximum Gasteiger partial charge on any atom is 0.355 e. The molecule has 3 aliphatic heterocycles. The molecule has 2 saturated heterocycles. The second-order valence-electron chi connectivity index (χ2n) is 20.6. The number of benzene rings is 4. The Morgan fingerprint density at radius 3 is 2.45 bits per heavy atom. The fraction of sp³-hybridized carbons (Fsp3) is 0.404. The molecule has 11 rings (SSSR count). The lowest BCUT2D eigenvalue weighted by atomic mass is 9.82. The van der Waals surface area contributed by atoms with Crippen LogP contribution >= 0.6 is 11.3 Å². The summed E-state index contributed by atoms with van der Waals surface area (Å²) < 4.78 is 9.64. The smallest absolute Gasteiger partial charge is 0.355 e. The molecule has 73 heavy (non-hydrogen) atoms. The second kappa shape index (κ2) is 20.6. The quantitative estimate of drug-likeness (QED) is 0.0863. The number of ether oxygens (including phenoxy) is 1. The third kappa shape index (κ3) is 9.99. The van der Waals surface area contributed by atoms with Crippen LogP contribution in [0.5, 0.6) is 5.75 Å². The fourth-order valence-corrected chi connectivity index (χ4v) is 12.8. The zero-order valence-corrected chi connectivity index (χ0v) is 42.5. The van der Waals surface area contributed by atoms with E-state index in [1.54, 1.807) is 0 Å². The number of para-hydroxylation sites is 2. The minimum absolute atomic E-state index is 0.0199. The highest BCUT2D eigenvalue weighted by molar-refractivity contribution is 7.22. The number of thiazole rings is 1. The van der Waals surface area contributed by atoms with Gasteiger partial charge in [-0.1, -0.05) is 66.8 Å². The van der Waals surface area contributed by atoms with E-state index in [0.29, 0.717) is 66.3 Å². The van der Waals surface area contributed by atoms with Crippen molar-refractivity contribution in [3.05, 3.63) is 125 Å². The highest BCUT2D eigenvalue weighted by Crippen LogP contribution is 2.39. The fourth-order valence-electron chi connectivity index (χ4n) is 11.9. The first-order chi connectivity index (χ1) is 35.4. The van der Waals surface area contributed by atoms with Crippen LogP contribution in [0.15, 0.2) is 91.0 Å². The molecule has 4 aromatic carbocycles. The summed E-state index contributed by atoms with van der Waals surface area (Å²) in [6, 6.07) is 29.5. The number of aryl methyl sites for hydroxylation is 1. The van der Waals surface area contributed by atoms with Crippen LogP contribution in [0, 0.1) is 18.8 Å². The maximum absolute atomic E-state index is 13.7. The molecular formula is C57H63N9O6S. The van der Waals surface area contributed by atoms with Gasteiger partial charge in [-0.25, -0.2) is 14.8 Å². The Morgan fingerprint density at radius 2 is 1.66 bits per heavy atom. The van der Waals surface area contributed by atoms with Crippen molar-refractivity contribution in [2.75, 3.05) is 54.4 Å². The summed E-state index contributed by atoms with van der Waals surface area (Å²) in [4.78, 5) is 55.9. The molecule has 15 nitrogen and oxygen atoms in total. The number of nitrogens with zero attached hydrogens (tertiary/aromatic N) is 7. The van der Waals surface area contributed by atoms with Gasteiger partial charge in [-0.15, -0.1) is 0 Å². The predicted octanol–water partition coefficient (Wildman–Crippen LogP) is 9.16. The van der Waals surface area contributed by atoms with Crippen molar-refractivity contribution < 1.29 is 29.3 Å². The first kappa shape index (κ1) is 48.4. The number of nitrogens with one attached hydrogen (secondary N) is 2. The minimum Gasteiger partial charge on any atom is -0.490 e. The molecule has 7 aromatic rings. The molecule has 3 fully saturated rings. The number of aliphatic hydroxyl groups is 1. The summed E-state index contributed by atoms with van der Waals surface area (Å²) in [6.45, 7) is 10.4. The average molecular weight is 1000 g/mol. The van der Waals surface area contributed by atoms with Crippen molar-refractivity contribution in [3.63, 3.8) is 0 Å². The third-order valence-electron chi connectivity index (χ3n) is 15.7. The number of aromatic nitrogens is 4. The molecule has 6 heterocycles. The number of carbonyl (C=O) groups is 3. The molecule has 2 amide bonds. The monoisotopic (exact) mass is 1000 g/mol. The standard InChI is InChI=1S/C57H63N9O6S/c1-34(32-64-27-29-65(30-28-64)46-14-7-12-42-51(62-63(3)53(42)46)43-22-24-50(67)60-55(43)69)31-36-17-19-38(20-18-36)72-47-15-8-10-39(35(47)2)40-21-23-49(59-52(40)56(70)71)66-26-25-37-9-6-11-41(44(37)33-66)54(68)61-57-58-45-13-4-5-16-48(45)73-57/h4-16,21,23,34,36,38,43,50,67H,17-20,22,24-33H2,1-3H3,(H,60,69)(H,70,71)(H,58,61,68)/t34-,36-,38-,43?,50?/m0/s1. The van der Waals surface area contributed by atoms with Crippen LogP contribution in [0.3, 0.4) is 0 Å². The van der Waals surface area contributed by atoms with Crippen LogP contribution in [0.2, 0.25) is 0 Å². The normalized spacial score (nSPS) is 21.0. The number of aromatic carboxylic acids is 1. The van der Waals surface area contributed by atoms with Gasteiger partial charge < -0.3 is 30.1 Å². The lowest BCUT2D eigenvalue weighted by Gasteiger charge is -2.38. The van der Waals surface area contributed by atoms with Gasteiger partial charge in [0.05, 0.1) is 39.1 Å². The lowest BCUT2D eigenvalue weighted by molar-refractivity contribution is -0.128. The number of piperazine rings is 1. The van der Waals surface area contributed by atoms with E-state index in [1.807, 2.05) is 85.4 Å². The number of piperidine rings is 1. The molecule has 0 bridgehead atoms. The van der Waals surface area contributed by atoms with E-state index in [9.17, 15) is 24.6 Å². The van der Waals surface area contributed by atoms with Gasteiger partial charge in [0, 0.05) is 69.4 Å². The number of fused-ring (bicyclic) bond motifs is 3. The molecule has 3 aromatic heterocycles. The van der Waals surface area contributed by atoms with Crippen LogP contribution in [0.25, 0.3) is 32.2 Å². The van der Waals surface area contributed by atoms with Gasteiger partial charge in [0.1, 0.15) is 17.8 Å². The van der Waals surface area contributed by atoms with Crippen molar-refractivity contribution in [2.45, 2.75) is 90.0 Å². The number of anilines is 3. The molecule has 0 spiro atoms. The van der Waals surface area contributed by atoms with Crippen molar-refractivity contribution >= 4 is 66.9 Å². The van der Waals surface area contributed by atoms with Gasteiger partial charge in [-0.2, -0.15) is 5.10 Å². The van der Waals surface area contributed by atoms with Crippen molar-refractivity contribution in [3.8, 4) is 16.9 Å². The summed E-state index contributed by atoms with van der Waals surface area (Å²) in [5, 5.41) is 32.6. The van der Waals surface area contributed by atoms with Crippen LogP contribution in [-0.4, -0.2) is 104 Å². The molecule has 1 saturated carbocycles. The molecule has 378 valence electrons. The third-order valence-corrected chi connectivity index (χ3v) is 16.6. The highest BCUT2D eigenvalue weighted by atomic mass is 32.1. The van der Waals surface area contributed by atoms with Crippen molar-refractivity contribution in [1.29, 1.82) is 0 Å². The Labute approximate surface area is 429 Å². The second-order valence-corrected chi connectivity index (χ2v) is 21.6. The van der Waals surface area contributed by atoms with E-state index in [-0.39, 0.29) is 29.5 Å². The molecule has 3 atom stereocenters. The van der Waals surface area contributed by atoms with Gasteiger partial charge in [0.25, 0.3) is 5.91 Å². The zero-order valence-electron chi connectivity index (χ0n) is 41.7. The van der Waals surface area contributed by atoms with E-state index in [0.717, 1.165) is 119 Å². The van der Waals surface area contributed by atoms with Gasteiger partial charge in [-0.05, 0) is 135 Å². The average Bonchev–Trinajstić information content (AvgIpc) is 3.97. The predicted molar refractivity (Wildman–Crippen MR) is 286 cm³/mol. The molecule has 4 N–H and O–H groups in total. The van der Waals surface area contributed by atoms with E-state index in [1.165, 1.54) is 17.8 Å². The summed E-state index contributed by atoms with van der Waals surface area (Å²) in [5.41, 5.74) is 8.59. The van der Waals surface area contributed by atoms with E-state index < -0.39 is 12.2 Å². The molecule has 4 aliphatic rings. The Bertz CT molecular complexity index is 3180. The molecule has 0 radical (unpaired) electrons. The van der Waals surface area contributed by atoms with E-state index in [4.69, 9.17) is 14.8 Å². The van der Waals surface area contributed by atoms with Gasteiger partial charge in [-0.3, -0.25) is 24.5 Å². The molecule has 16 heteroatoms. The van der Waals surface area contributed by atoms with Crippen LogP contribution in [0.1, 0.15) is 101 Å². The number of rotatable bonds is 13. The zero-order chi connectivity index (χ0) is 50.3. The van der Waals surface area contributed by atoms with Gasteiger partial charge >= 0.3 is 5.97 Å². The van der Waals surface area contributed by atoms with Crippen molar-refractivity contribution in [2.24, 2.45) is 18.9 Å². The molecule has 2 unspecified atom stereocenters. The lowest BCUT2D eigenvalue weighted by Crippen LogP contribution is -2.47. The maximum atomic E-state index is 13.7. The summed E-state index contributed by atoms with van der Waals surface area (Å²) in [7, 11) is 1.96. The van der Waals surface area contributed by atoms with Gasteiger partial charge in [0.15, 0.2) is 10.8 Å².